The zero-order valence-corrected chi connectivity index (χ0v) is 28.1. The first-order valence-electron chi connectivity index (χ1n) is 15.3. The Morgan fingerprint density at radius 3 is 1.50 bits per heavy atom. The van der Waals surface area contributed by atoms with E-state index in [9.17, 15) is 10.1 Å². The predicted octanol–water partition coefficient (Wildman–Crippen LogP) is 10.7. The van der Waals surface area contributed by atoms with Gasteiger partial charge in [-0.05, 0) is 134 Å². The maximum Gasteiger partial charge on any atom is 0.170 e. The van der Waals surface area contributed by atoms with Crippen LogP contribution < -0.4 is 0 Å². The normalized spacial score (nSPS) is 11.6. The fraction of sp³-hybridized carbons (Fsp3) is 0.171. The number of nitriles is 1. The minimum absolute atomic E-state index is 0.136. The van der Waals surface area contributed by atoms with Crippen LogP contribution in [0.2, 0.25) is 0 Å². The van der Waals surface area contributed by atoms with E-state index in [0.29, 0.717) is 0 Å². The summed E-state index contributed by atoms with van der Waals surface area (Å²) in [6.45, 7) is 14.5. The summed E-state index contributed by atoms with van der Waals surface area (Å²) in [5.74, 6) is -0.245. The maximum atomic E-state index is 11.7. The Kier molecular flexibility index (Phi) is 8.25. The lowest BCUT2D eigenvalue weighted by Crippen LogP contribution is -1.95. The largest absolute Gasteiger partial charge is 0.294 e. The first kappa shape index (κ1) is 30.8. The van der Waals surface area contributed by atoms with Crippen LogP contribution in [0.4, 0.5) is 0 Å². The van der Waals surface area contributed by atoms with E-state index in [1.807, 2.05) is 30.3 Å². The number of Topliss-reactive ketones (excluding diaryl/α,β-unsaturated/α-hetero) is 1. The second-order valence-corrected chi connectivity index (χ2v) is 12.8. The van der Waals surface area contributed by atoms with Crippen LogP contribution in [0, 0.1) is 52.9 Å². The Morgan fingerprint density at radius 2 is 1.07 bits per heavy atom. The molecule has 0 aliphatic rings. The summed E-state index contributed by atoms with van der Waals surface area (Å²) >= 11 is 1.22. The van der Waals surface area contributed by atoms with Crippen LogP contribution in [-0.4, -0.2) is 14.5 Å². The molecule has 1 aromatic heterocycles. The van der Waals surface area contributed by atoms with Crippen LogP contribution in [0.3, 0.4) is 0 Å². The number of rotatable bonds is 6. The molecular formula is C41H35N3OS. The van der Waals surface area contributed by atoms with E-state index in [2.05, 4.69) is 96.1 Å². The molecule has 0 radical (unpaired) electrons. The van der Waals surface area contributed by atoms with Crippen molar-refractivity contribution in [3.05, 3.63) is 123 Å². The van der Waals surface area contributed by atoms with Gasteiger partial charge in [-0.25, -0.2) is 0 Å². The standard InChI is InChI=1S/C41H35N3OS/c1-23-14-25(3)38(26(4)15-23)33-19-32(20-34(21-33)39-27(5)16-24(2)17-28(39)6)37-13-12-36(40-41(37)44-46-43-40)31-10-8-30(9-11-31)18-35(22-42)29(7)45/h8-21H,1-7H3/b35-18+. The summed E-state index contributed by atoms with van der Waals surface area (Å²) in [6.07, 6.45) is 1.62. The van der Waals surface area contributed by atoms with Gasteiger partial charge in [0.15, 0.2) is 5.78 Å². The molecule has 4 nitrogen and oxygen atoms in total. The molecule has 0 saturated heterocycles. The van der Waals surface area contributed by atoms with Crippen LogP contribution in [0.1, 0.15) is 45.9 Å². The number of ketones is 1. The SMILES string of the molecule is CC(=O)/C(C#N)=C/c1ccc(-c2ccc(-c3cc(-c4c(C)cc(C)cc4C)cc(-c4c(C)cc(C)cc4C)c3)c3nsnc23)cc1. The van der Waals surface area contributed by atoms with Crippen molar-refractivity contribution in [3.63, 3.8) is 0 Å². The predicted molar refractivity (Wildman–Crippen MR) is 192 cm³/mol. The Bertz CT molecular complexity index is 2130. The molecule has 1 heterocycles. The number of hydrogen-bond acceptors (Lipinski definition) is 5. The molecule has 0 atom stereocenters. The number of hydrogen-bond donors (Lipinski definition) is 0. The highest BCUT2D eigenvalue weighted by Gasteiger charge is 2.18. The van der Waals surface area contributed by atoms with E-state index in [1.165, 1.54) is 74.3 Å². The number of aryl methyl sites for hydroxylation is 6. The highest BCUT2D eigenvalue weighted by molar-refractivity contribution is 7.00. The zero-order valence-electron chi connectivity index (χ0n) is 27.2. The lowest BCUT2D eigenvalue weighted by molar-refractivity contribution is -0.113. The molecule has 0 aliphatic heterocycles. The molecule has 226 valence electrons. The minimum Gasteiger partial charge on any atom is -0.294 e. The number of allylic oxidation sites excluding steroid dienone is 1. The van der Waals surface area contributed by atoms with E-state index < -0.39 is 0 Å². The maximum absolute atomic E-state index is 11.7. The van der Waals surface area contributed by atoms with Crippen molar-refractivity contribution >= 4 is 34.6 Å². The number of benzene rings is 5. The second-order valence-electron chi connectivity index (χ2n) is 12.3. The van der Waals surface area contributed by atoms with Gasteiger partial charge in [0.25, 0.3) is 0 Å². The number of carbonyl (C=O) groups excluding carboxylic acids is 1. The molecule has 0 saturated carbocycles. The number of carbonyl (C=O) groups is 1. The van der Waals surface area contributed by atoms with Crippen LogP contribution >= 0.6 is 11.7 Å². The Labute approximate surface area is 275 Å². The number of fused-ring (bicyclic) bond motifs is 1. The summed E-state index contributed by atoms with van der Waals surface area (Å²) in [5, 5.41) is 9.29. The fourth-order valence-corrected chi connectivity index (χ4v) is 7.39. The molecule has 0 unspecified atom stereocenters. The zero-order chi connectivity index (χ0) is 32.7. The highest BCUT2D eigenvalue weighted by Crippen LogP contribution is 2.41. The second kappa shape index (κ2) is 12.3. The molecule has 5 aromatic carbocycles. The monoisotopic (exact) mass is 617 g/mol. The Hall–Kier alpha value is -5.18. The quantitative estimate of drug-likeness (QED) is 0.138. The molecule has 0 fully saturated rings. The summed E-state index contributed by atoms with van der Waals surface area (Å²) in [5.41, 5.74) is 19.3. The average Bonchev–Trinajstić information content (AvgIpc) is 3.49. The van der Waals surface area contributed by atoms with Gasteiger partial charge in [-0.2, -0.15) is 14.0 Å². The third-order valence-corrected chi connectivity index (χ3v) is 9.15. The molecule has 0 amide bonds. The topological polar surface area (TPSA) is 66.6 Å². The third-order valence-electron chi connectivity index (χ3n) is 8.62. The van der Waals surface area contributed by atoms with Crippen LogP contribution in [0.5, 0.6) is 0 Å². The molecule has 6 rings (SSSR count). The molecule has 0 N–H and O–H groups in total. The van der Waals surface area contributed by atoms with E-state index in [4.69, 9.17) is 8.75 Å². The van der Waals surface area contributed by atoms with Crippen molar-refractivity contribution in [1.29, 1.82) is 5.26 Å². The summed E-state index contributed by atoms with van der Waals surface area (Å²) in [6, 6.07) is 30.1. The van der Waals surface area contributed by atoms with Crippen molar-refractivity contribution in [2.45, 2.75) is 48.5 Å². The molecule has 6 aromatic rings. The summed E-state index contributed by atoms with van der Waals surface area (Å²) < 4.78 is 9.57. The van der Waals surface area contributed by atoms with Crippen molar-refractivity contribution in [2.24, 2.45) is 0 Å². The molecular weight excluding hydrogens is 583 g/mol. The van der Waals surface area contributed by atoms with Gasteiger partial charge in [-0.1, -0.05) is 71.8 Å². The van der Waals surface area contributed by atoms with E-state index in [0.717, 1.165) is 38.9 Å². The van der Waals surface area contributed by atoms with E-state index >= 15 is 0 Å². The van der Waals surface area contributed by atoms with Gasteiger partial charge in [0.1, 0.15) is 17.1 Å². The van der Waals surface area contributed by atoms with Gasteiger partial charge >= 0.3 is 0 Å². The van der Waals surface area contributed by atoms with Crippen molar-refractivity contribution in [2.75, 3.05) is 0 Å². The Morgan fingerprint density at radius 1 is 0.630 bits per heavy atom. The van der Waals surface area contributed by atoms with Gasteiger partial charge in [0.2, 0.25) is 0 Å². The lowest BCUT2D eigenvalue weighted by atomic mass is 9.86. The third kappa shape index (κ3) is 5.80. The van der Waals surface area contributed by atoms with Crippen LogP contribution in [-0.2, 0) is 4.79 Å². The van der Waals surface area contributed by atoms with Crippen molar-refractivity contribution in [1.82, 2.24) is 8.75 Å². The van der Waals surface area contributed by atoms with Crippen LogP contribution in [0.15, 0.2) is 84.4 Å². The Balaban J connectivity index is 1.53. The van der Waals surface area contributed by atoms with Gasteiger partial charge in [-0.15, -0.1) is 0 Å². The van der Waals surface area contributed by atoms with Crippen molar-refractivity contribution in [3.8, 4) is 50.6 Å². The van der Waals surface area contributed by atoms with Crippen LogP contribution in [0.25, 0.3) is 61.6 Å². The van der Waals surface area contributed by atoms with Gasteiger partial charge < -0.3 is 0 Å². The molecule has 0 aliphatic carbocycles. The molecule has 5 heteroatoms. The first-order chi connectivity index (χ1) is 22.0. The van der Waals surface area contributed by atoms with Gasteiger partial charge in [-0.3, -0.25) is 4.79 Å². The smallest absolute Gasteiger partial charge is 0.170 e. The summed E-state index contributed by atoms with van der Waals surface area (Å²) in [4.78, 5) is 11.7. The average molecular weight is 618 g/mol. The highest BCUT2D eigenvalue weighted by atomic mass is 32.1. The number of aromatic nitrogens is 2. The van der Waals surface area contributed by atoms with E-state index in [-0.39, 0.29) is 11.4 Å². The van der Waals surface area contributed by atoms with E-state index in [1.54, 1.807) is 6.08 Å². The van der Waals surface area contributed by atoms with Crippen molar-refractivity contribution < 1.29 is 4.79 Å². The molecule has 46 heavy (non-hydrogen) atoms. The first-order valence-corrected chi connectivity index (χ1v) is 16.1. The minimum atomic E-state index is -0.245. The van der Waals surface area contributed by atoms with Gasteiger partial charge in [0, 0.05) is 11.1 Å². The molecule has 0 bridgehead atoms. The number of nitrogens with zero attached hydrogens (tertiary/aromatic N) is 3. The lowest BCUT2D eigenvalue weighted by Gasteiger charge is -2.18. The van der Waals surface area contributed by atoms with Gasteiger partial charge in [0.05, 0.1) is 17.3 Å². The summed E-state index contributed by atoms with van der Waals surface area (Å²) in [7, 11) is 0. The molecule has 0 spiro atoms. The fourth-order valence-electron chi connectivity index (χ4n) is 6.81.